The molecule has 0 amide bonds. The van der Waals surface area contributed by atoms with Gasteiger partial charge < -0.3 is 5.73 Å². The molecule has 1 aliphatic rings. The van der Waals surface area contributed by atoms with Crippen LogP contribution < -0.4 is 5.73 Å². The molecule has 1 aliphatic carbocycles. The molecule has 0 aliphatic heterocycles. The summed E-state index contributed by atoms with van der Waals surface area (Å²) in [6.45, 7) is 11.7. The average molecular weight is 211 g/mol. The Morgan fingerprint density at radius 1 is 1.20 bits per heavy atom. The van der Waals surface area contributed by atoms with Crippen LogP contribution in [0.5, 0.6) is 0 Å². The van der Waals surface area contributed by atoms with Crippen molar-refractivity contribution >= 4 is 0 Å². The number of hydrogen-bond donors (Lipinski definition) is 1. The molecule has 1 heteroatoms. The van der Waals surface area contributed by atoms with Gasteiger partial charge in [-0.2, -0.15) is 0 Å². The first-order valence-electron chi connectivity index (χ1n) is 6.47. The van der Waals surface area contributed by atoms with Crippen molar-refractivity contribution in [2.24, 2.45) is 16.6 Å². The topological polar surface area (TPSA) is 26.0 Å². The quantitative estimate of drug-likeness (QED) is 0.747. The van der Waals surface area contributed by atoms with Crippen LogP contribution in [0.25, 0.3) is 0 Å². The lowest BCUT2D eigenvalue weighted by atomic mass is 9.61. The molecule has 2 N–H and O–H groups in total. The predicted molar refractivity (Wildman–Crippen MR) is 67.9 cm³/mol. The molecule has 1 fully saturated rings. The van der Waals surface area contributed by atoms with Gasteiger partial charge in [-0.05, 0) is 49.9 Å². The zero-order valence-corrected chi connectivity index (χ0v) is 11.3. The van der Waals surface area contributed by atoms with Crippen LogP contribution in [0.3, 0.4) is 0 Å². The highest BCUT2D eigenvalue weighted by Gasteiger charge is 2.39. The summed E-state index contributed by atoms with van der Waals surface area (Å²) in [5, 5.41) is 0. The van der Waals surface area contributed by atoms with Crippen molar-refractivity contribution in [2.45, 2.75) is 78.7 Å². The molecule has 0 aromatic carbocycles. The summed E-state index contributed by atoms with van der Waals surface area (Å²) in [5.74, 6) is 0. The Bertz CT molecular complexity index is 217. The summed E-state index contributed by atoms with van der Waals surface area (Å²) >= 11 is 0. The average Bonchev–Trinajstić information content (AvgIpc) is 1.99. The molecule has 0 bridgehead atoms. The molecule has 15 heavy (non-hydrogen) atoms. The van der Waals surface area contributed by atoms with Crippen molar-refractivity contribution in [3.63, 3.8) is 0 Å². The highest BCUT2D eigenvalue weighted by molar-refractivity contribution is 4.93. The van der Waals surface area contributed by atoms with E-state index < -0.39 is 0 Å². The summed E-state index contributed by atoms with van der Waals surface area (Å²) in [7, 11) is 0. The van der Waals surface area contributed by atoms with Crippen LogP contribution in [0.1, 0.15) is 73.1 Å². The summed E-state index contributed by atoms with van der Waals surface area (Å²) in [4.78, 5) is 0. The van der Waals surface area contributed by atoms with Gasteiger partial charge in [-0.3, -0.25) is 0 Å². The van der Waals surface area contributed by atoms with E-state index in [0.717, 1.165) is 6.42 Å². The van der Waals surface area contributed by atoms with Crippen LogP contribution in [-0.2, 0) is 0 Å². The lowest BCUT2D eigenvalue weighted by molar-refractivity contribution is 0.0696. The Balaban J connectivity index is 2.66. The van der Waals surface area contributed by atoms with E-state index in [1.54, 1.807) is 0 Å². The van der Waals surface area contributed by atoms with Crippen LogP contribution >= 0.6 is 0 Å². The fourth-order valence-corrected chi connectivity index (χ4v) is 3.58. The maximum absolute atomic E-state index is 6.32. The zero-order valence-electron chi connectivity index (χ0n) is 11.3. The van der Waals surface area contributed by atoms with Gasteiger partial charge in [-0.15, -0.1) is 0 Å². The van der Waals surface area contributed by atoms with E-state index in [1.165, 1.54) is 32.1 Å². The molecular weight excluding hydrogens is 182 g/mol. The molecule has 0 heterocycles. The van der Waals surface area contributed by atoms with Gasteiger partial charge in [0.15, 0.2) is 0 Å². The summed E-state index contributed by atoms with van der Waals surface area (Å²) in [5.41, 5.74) is 7.35. The number of hydrogen-bond acceptors (Lipinski definition) is 1. The third-order valence-corrected chi connectivity index (χ3v) is 4.18. The van der Waals surface area contributed by atoms with Gasteiger partial charge in [-0.25, -0.2) is 0 Å². The molecule has 1 saturated carbocycles. The van der Waals surface area contributed by atoms with Gasteiger partial charge in [0.05, 0.1) is 0 Å². The Labute approximate surface area is 95.8 Å². The lowest BCUT2D eigenvalue weighted by Gasteiger charge is -2.46. The standard InChI is InChI=1S/C14H29N/c1-6-14(5,15)11-13(4)9-7-8-12(2,3)10-13/h6-11,15H2,1-5H3. The van der Waals surface area contributed by atoms with Crippen LogP contribution in [0.2, 0.25) is 0 Å². The minimum Gasteiger partial charge on any atom is -0.325 e. The number of rotatable bonds is 3. The minimum atomic E-state index is 0.0299. The molecule has 0 aromatic heterocycles. The Morgan fingerprint density at radius 3 is 2.27 bits per heavy atom. The SMILES string of the molecule is CCC(C)(N)CC1(C)CCCC(C)(C)C1. The maximum Gasteiger partial charge on any atom is 0.0128 e. The first-order chi connectivity index (χ1) is 6.68. The van der Waals surface area contributed by atoms with Gasteiger partial charge in [0, 0.05) is 5.54 Å². The van der Waals surface area contributed by atoms with E-state index in [2.05, 4.69) is 34.6 Å². The third kappa shape index (κ3) is 3.79. The van der Waals surface area contributed by atoms with Gasteiger partial charge >= 0.3 is 0 Å². The molecule has 90 valence electrons. The van der Waals surface area contributed by atoms with E-state index >= 15 is 0 Å². The second kappa shape index (κ2) is 4.08. The lowest BCUT2D eigenvalue weighted by Crippen LogP contribution is -2.43. The maximum atomic E-state index is 6.32. The van der Waals surface area contributed by atoms with Crippen molar-refractivity contribution in [3.8, 4) is 0 Å². The molecule has 1 nitrogen and oxygen atoms in total. The van der Waals surface area contributed by atoms with Crippen LogP contribution in [0.15, 0.2) is 0 Å². The molecule has 0 radical (unpaired) electrons. The minimum absolute atomic E-state index is 0.0299. The second-order valence-corrected chi connectivity index (χ2v) is 7.19. The Hall–Kier alpha value is -0.0400. The summed E-state index contributed by atoms with van der Waals surface area (Å²) < 4.78 is 0. The number of nitrogens with two attached hydrogens (primary N) is 1. The largest absolute Gasteiger partial charge is 0.325 e. The van der Waals surface area contributed by atoms with Crippen LogP contribution in [0, 0.1) is 10.8 Å². The zero-order chi connectivity index (χ0) is 11.7. The van der Waals surface area contributed by atoms with Crippen molar-refractivity contribution in [1.29, 1.82) is 0 Å². The van der Waals surface area contributed by atoms with E-state index in [-0.39, 0.29) is 5.54 Å². The van der Waals surface area contributed by atoms with E-state index in [1.807, 2.05) is 0 Å². The monoisotopic (exact) mass is 211 g/mol. The van der Waals surface area contributed by atoms with Gasteiger partial charge in [0.2, 0.25) is 0 Å². The Kier molecular flexibility index (Phi) is 3.55. The fourth-order valence-electron chi connectivity index (χ4n) is 3.58. The molecule has 0 spiro atoms. The molecule has 2 unspecified atom stereocenters. The van der Waals surface area contributed by atoms with E-state index in [9.17, 15) is 0 Å². The molecule has 0 aromatic rings. The highest BCUT2D eigenvalue weighted by atomic mass is 14.7. The summed E-state index contributed by atoms with van der Waals surface area (Å²) in [6.07, 6.45) is 7.73. The fraction of sp³-hybridized carbons (Fsp3) is 1.00. The van der Waals surface area contributed by atoms with Gasteiger partial charge in [0.25, 0.3) is 0 Å². The van der Waals surface area contributed by atoms with E-state index in [0.29, 0.717) is 10.8 Å². The second-order valence-electron chi connectivity index (χ2n) is 7.19. The van der Waals surface area contributed by atoms with Crippen molar-refractivity contribution in [2.75, 3.05) is 0 Å². The van der Waals surface area contributed by atoms with Crippen LogP contribution in [0.4, 0.5) is 0 Å². The highest BCUT2D eigenvalue weighted by Crippen LogP contribution is 2.49. The molecular formula is C14H29N. The van der Waals surface area contributed by atoms with Crippen molar-refractivity contribution < 1.29 is 0 Å². The van der Waals surface area contributed by atoms with E-state index in [4.69, 9.17) is 5.73 Å². The van der Waals surface area contributed by atoms with Crippen LogP contribution in [-0.4, -0.2) is 5.54 Å². The Morgan fingerprint density at radius 2 is 1.80 bits per heavy atom. The first kappa shape index (κ1) is 13.0. The first-order valence-corrected chi connectivity index (χ1v) is 6.47. The van der Waals surface area contributed by atoms with Crippen molar-refractivity contribution in [1.82, 2.24) is 0 Å². The molecule has 1 rings (SSSR count). The molecule has 0 saturated heterocycles. The normalized spacial score (nSPS) is 34.8. The third-order valence-electron chi connectivity index (χ3n) is 4.18. The van der Waals surface area contributed by atoms with Crippen molar-refractivity contribution in [3.05, 3.63) is 0 Å². The summed E-state index contributed by atoms with van der Waals surface area (Å²) in [6, 6.07) is 0. The molecule has 2 atom stereocenters. The predicted octanol–water partition coefficient (Wildman–Crippen LogP) is 4.11. The van der Waals surface area contributed by atoms with Gasteiger partial charge in [0.1, 0.15) is 0 Å². The smallest absolute Gasteiger partial charge is 0.0128 e. The van der Waals surface area contributed by atoms with Gasteiger partial charge in [-0.1, -0.05) is 34.1 Å².